The van der Waals surface area contributed by atoms with Gasteiger partial charge >= 0.3 is 5.97 Å². The number of aryl methyl sites for hydroxylation is 1. The quantitative estimate of drug-likeness (QED) is 0.347. The maximum Gasteiger partial charge on any atom is 0.308 e. The summed E-state index contributed by atoms with van der Waals surface area (Å²) in [5.41, 5.74) is 2.27. The second-order valence-electron chi connectivity index (χ2n) is 11.8. The SMILES string of the molecule is CCOC(=O)C1CCC(Oc2cc(C(=O)N[C@@H]3[C@H]4CC[C@H](C4)[C@@H]3C(=O)Nc3cccc(CF)c3)c(OC)cc2C)CC1. The van der Waals surface area contributed by atoms with Gasteiger partial charge in [0.15, 0.2) is 0 Å². The average Bonchev–Trinajstić information content (AvgIpc) is 3.60. The summed E-state index contributed by atoms with van der Waals surface area (Å²) in [5.74, 6) is 0.384. The van der Waals surface area contributed by atoms with E-state index in [1.54, 1.807) is 36.4 Å². The van der Waals surface area contributed by atoms with E-state index in [4.69, 9.17) is 14.2 Å². The van der Waals surface area contributed by atoms with Gasteiger partial charge in [0.25, 0.3) is 5.91 Å². The van der Waals surface area contributed by atoms with Crippen molar-refractivity contribution in [1.29, 1.82) is 0 Å². The number of methoxy groups -OCH3 is 1. The summed E-state index contributed by atoms with van der Waals surface area (Å²) in [5, 5.41) is 6.13. The fourth-order valence-electron chi connectivity index (χ4n) is 7.05. The molecule has 2 aromatic rings. The molecule has 2 N–H and O–H groups in total. The topological polar surface area (TPSA) is 103 Å². The van der Waals surface area contributed by atoms with E-state index >= 15 is 0 Å². The van der Waals surface area contributed by atoms with Gasteiger partial charge in [-0.25, -0.2) is 4.39 Å². The molecule has 3 aliphatic carbocycles. The second kappa shape index (κ2) is 13.1. The molecule has 3 saturated carbocycles. The first-order valence-electron chi connectivity index (χ1n) is 15.1. The summed E-state index contributed by atoms with van der Waals surface area (Å²) < 4.78 is 30.3. The molecule has 2 aromatic carbocycles. The number of anilines is 1. The third kappa shape index (κ3) is 6.40. The Morgan fingerprint density at radius 3 is 2.45 bits per heavy atom. The minimum atomic E-state index is -0.602. The Hall–Kier alpha value is -3.62. The minimum Gasteiger partial charge on any atom is -0.496 e. The van der Waals surface area contributed by atoms with Crippen molar-refractivity contribution >= 4 is 23.5 Å². The van der Waals surface area contributed by atoms with E-state index < -0.39 is 6.67 Å². The number of carbonyl (C=O) groups excluding carboxylic acids is 3. The summed E-state index contributed by atoms with van der Waals surface area (Å²) >= 11 is 0. The van der Waals surface area contributed by atoms with Crippen molar-refractivity contribution in [3.63, 3.8) is 0 Å². The van der Waals surface area contributed by atoms with Crippen molar-refractivity contribution in [3.05, 3.63) is 53.1 Å². The highest BCUT2D eigenvalue weighted by Gasteiger charge is 2.51. The van der Waals surface area contributed by atoms with Gasteiger partial charge in [-0.3, -0.25) is 14.4 Å². The van der Waals surface area contributed by atoms with Crippen molar-refractivity contribution in [3.8, 4) is 11.5 Å². The summed E-state index contributed by atoms with van der Waals surface area (Å²) in [4.78, 5) is 39.3. The van der Waals surface area contributed by atoms with Gasteiger partial charge in [-0.2, -0.15) is 0 Å². The van der Waals surface area contributed by atoms with E-state index in [1.807, 2.05) is 13.8 Å². The number of rotatable bonds is 10. The molecule has 0 aromatic heterocycles. The van der Waals surface area contributed by atoms with Crippen LogP contribution in [0.1, 0.15) is 73.4 Å². The first-order chi connectivity index (χ1) is 20.3. The van der Waals surface area contributed by atoms with E-state index in [1.165, 1.54) is 7.11 Å². The first-order valence-corrected chi connectivity index (χ1v) is 15.1. The lowest BCUT2D eigenvalue weighted by Crippen LogP contribution is -2.48. The number of alkyl halides is 1. The molecule has 0 radical (unpaired) electrons. The first kappa shape index (κ1) is 29.9. The van der Waals surface area contributed by atoms with Crippen LogP contribution in [0, 0.1) is 30.6 Å². The van der Waals surface area contributed by atoms with Crippen LogP contribution in [0.5, 0.6) is 11.5 Å². The van der Waals surface area contributed by atoms with Crippen LogP contribution in [-0.2, 0) is 21.0 Å². The fourth-order valence-corrected chi connectivity index (χ4v) is 7.05. The van der Waals surface area contributed by atoms with Crippen LogP contribution in [0.3, 0.4) is 0 Å². The third-order valence-corrected chi connectivity index (χ3v) is 9.20. The van der Waals surface area contributed by atoms with Gasteiger partial charge in [0.05, 0.1) is 37.2 Å². The molecule has 3 aliphatic rings. The van der Waals surface area contributed by atoms with Gasteiger partial charge in [0, 0.05) is 11.7 Å². The largest absolute Gasteiger partial charge is 0.496 e. The van der Waals surface area contributed by atoms with Crippen molar-refractivity contribution < 1.29 is 33.0 Å². The Bertz CT molecular complexity index is 1310. The molecular formula is C33H41FN2O6. The Morgan fingerprint density at radius 2 is 1.74 bits per heavy atom. The smallest absolute Gasteiger partial charge is 0.308 e. The minimum absolute atomic E-state index is 0.0618. The molecule has 0 aliphatic heterocycles. The van der Waals surface area contributed by atoms with E-state index in [-0.39, 0.29) is 53.6 Å². The number of hydrogen-bond donors (Lipinski definition) is 2. The molecule has 3 fully saturated rings. The van der Waals surface area contributed by atoms with Crippen LogP contribution in [0.4, 0.5) is 10.1 Å². The van der Waals surface area contributed by atoms with Crippen LogP contribution in [-0.4, -0.2) is 43.6 Å². The highest BCUT2D eigenvalue weighted by atomic mass is 19.1. The summed E-state index contributed by atoms with van der Waals surface area (Å²) in [6.45, 7) is 3.51. The number of halogens is 1. The van der Waals surface area contributed by atoms with Crippen LogP contribution >= 0.6 is 0 Å². The monoisotopic (exact) mass is 580 g/mol. The maximum absolute atomic E-state index is 13.7. The Kier molecular flexibility index (Phi) is 9.34. The number of carbonyl (C=O) groups is 3. The molecule has 4 atom stereocenters. The summed E-state index contributed by atoms with van der Waals surface area (Å²) in [6.07, 6.45) is 5.61. The average molecular weight is 581 g/mol. The standard InChI is InChI=1S/C33H41FN2O6/c1-4-41-33(39)21-10-12-25(13-11-21)42-27-17-26(28(40-3)14-19(27)2)31(37)36-30-23-9-8-22(16-23)29(30)32(38)35-24-7-5-6-20(15-24)18-34/h5-7,14-15,17,21-23,25,29-30H,4,8-13,16,18H2,1-3H3,(H,35,38)(H,36,37)/t21?,22-,23+,25?,29+,30-/m1/s1. The van der Waals surface area contributed by atoms with E-state index in [0.29, 0.717) is 47.8 Å². The predicted octanol–water partition coefficient (Wildman–Crippen LogP) is 5.76. The lowest BCUT2D eigenvalue weighted by atomic mass is 9.83. The number of hydrogen-bond acceptors (Lipinski definition) is 6. The van der Waals surface area contributed by atoms with Gasteiger partial charge in [0.1, 0.15) is 18.2 Å². The number of amides is 2. The summed E-state index contributed by atoms with van der Waals surface area (Å²) in [6, 6.07) is 10.0. The third-order valence-electron chi connectivity index (χ3n) is 9.20. The normalized spacial score (nSPS) is 26.4. The predicted molar refractivity (Wildman–Crippen MR) is 156 cm³/mol. The van der Waals surface area contributed by atoms with Crippen LogP contribution in [0.25, 0.3) is 0 Å². The van der Waals surface area contributed by atoms with E-state index in [0.717, 1.165) is 37.7 Å². The fraction of sp³-hybridized carbons (Fsp3) is 0.545. The molecule has 42 heavy (non-hydrogen) atoms. The van der Waals surface area contributed by atoms with Crippen LogP contribution < -0.4 is 20.1 Å². The number of nitrogens with one attached hydrogen (secondary N) is 2. The zero-order valence-electron chi connectivity index (χ0n) is 24.6. The van der Waals surface area contributed by atoms with Crippen molar-refractivity contribution in [2.75, 3.05) is 19.0 Å². The molecule has 2 amide bonds. The lowest BCUT2D eigenvalue weighted by molar-refractivity contribution is -0.149. The van der Waals surface area contributed by atoms with Gasteiger partial charge in [-0.1, -0.05) is 12.1 Å². The highest BCUT2D eigenvalue weighted by molar-refractivity contribution is 5.99. The lowest BCUT2D eigenvalue weighted by Gasteiger charge is -2.31. The number of esters is 1. The second-order valence-corrected chi connectivity index (χ2v) is 11.8. The number of ether oxygens (including phenoxy) is 3. The number of benzene rings is 2. The van der Waals surface area contributed by atoms with Crippen molar-refractivity contribution in [2.24, 2.45) is 23.7 Å². The van der Waals surface area contributed by atoms with Gasteiger partial charge < -0.3 is 24.8 Å². The molecule has 0 spiro atoms. The molecule has 226 valence electrons. The van der Waals surface area contributed by atoms with Gasteiger partial charge in [-0.05, 0) is 106 Å². The molecule has 8 nitrogen and oxygen atoms in total. The van der Waals surface area contributed by atoms with Crippen molar-refractivity contribution in [1.82, 2.24) is 5.32 Å². The molecule has 0 saturated heterocycles. The highest BCUT2D eigenvalue weighted by Crippen LogP contribution is 2.49. The zero-order chi connectivity index (χ0) is 29.8. The zero-order valence-corrected chi connectivity index (χ0v) is 24.6. The van der Waals surface area contributed by atoms with E-state index in [9.17, 15) is 18.8 Å². The summed E-state index contributed by atoms with van der Waals surface area (Å²) in [7, 11) is 1.53. The molecule has 0 unspecified atom stereocenters. The Labute approximate surface area is 246 Å². The van der Waals surface area contributed by atoms with Gasteiger partial charge in [-0.15, -0.1) is 0 Å². The molecule has 9 heteroatoms. The van der Waals surface area contributed by atoms with Crippen LogP contribution in [0.2, 0.25) is 0 Å². The maximum atomic E-state index is 13.7. The molecule has 2 bridgehead atoms. The van der Waals surface area contributed by atoms with Gasteiger partial charge in [0.2, 0.25) is 5.91 Å². The molecule has 5 rings (SSSR count). The number of fused-ring (bicyclic) bond motifs is 2. The Morgan fingerprint density at radius 1 is 0.976 bits per heavy atom. The molecular weight excluding hydrogens is 539 g/mol. The molecule has 0 heterocycles. The van der Waals surface area contributed by atoms with E-state index in [2.05, 4.69) is 10.6 Å². The van der Waals surface area contributed by atoms with Crippen LogP contribution in [0.15, 0.2) is 36.4 Å². The van der Waals surface area contributed by atoms with Crippen molar-refractivity contribution in [2.45, 2.75) is 77.6 Å². The Balaban J connectivity index is 1.28.